The zero-order chi connectivity index (χ0) is 22.8. The lowest BCUT2D eigenvalue weighted by molar-refractivity contribution is 0.0656. The van der Waals surface area contributed by atoms with Gasteiger partial charge in [-0.15, -0.1) is 0 Å². The molecule has 1 atom stereocenters. The molecular formula is C25H23N3O4S. The molecule has 0 radical (unpaired) electrons. The van der Waals surface area contributed by atoms with Crippen molar-refractivity contribution >= 4 is 15.7 Å². The van der Waals surface area contributed by atoms with Crippen LogP contribution >= 0.6 is 0 Å². The molecule has 1 amide bonds. The third-order valence-electron chi connectivity index (χ3n) is 5.82. The Labute approximate surface area is 192 Å². The van der Waals surface area contributed by atoms with E-state index in [9.17, 15) is 13.2 Å². The summed E-state index contributed by atoms with van der Waals surface area (Å²) < 4.78 is 31.5. The van der Waals surface area contributed by atoms with Crippen molar-refractivity contribution in [2.24, 2.45) is 0 Å². The molecule has 0 spiro atoms. The van der Waals surface area contributed by atoms with Crippen molar-refractivity contribution in [1.29, 1.82) is 0 Å². The largest absolute Gasteiger partial charge is 0.467 e. The number of aromatic nitrogens is 2. The van der Waals surface area contributed by atoms with Crippen molar-refractivity contribution in [1.82, 2.24) is 14.7 Å². The number of carbonyl (C=O) groups is 1. The third kappa shape index (κ3) is 4.47. The maximum atomic E-state index is 13.9. The summed E-state index contributed by atoms with van der Waals surface area (Å²) in [5.41, 5.74) is 2.68. The van der Waals surface area contributed by atoms with Gasteiger partial charge in [-0.25, -0.2) is 13.1 Å². The van der Waals surface area contributed by atoms with E-state index in [1.165, 1.54) is 0 Å². The normalized spacial score (nSPS) is 17.2. The molecule has 168 valence electrons. The molecule has 0 bridgehead atoms. The minimum absolute atomic E-state index is 0.0511. The highest BCUT2D eigenvalue weighted by molar-refractivity contribution is 7.91. The zero-order valence-corrected chi connectivity index (χ0v) is 18.7. The van der Waals surface area contributed by atoms with Crippen LogP contribution in [0.15, 0.2) is 89.5 Å². The van der Waals surface area contributed by atoms with E-state index < -0.39 is 15.9 Å². The van der Waals surface area contributed by atoms with E-state index in [4.69, 9.17) is 9.52 Å². The average molecular weight is 462 g/mol. The number of furan rings is 1. The fraction of sp³-hybridized carbons (Fsp3) is 0.200. The molecule has 7 nitrogen and oxygen atoms in total. The highest BCUT2D eigenvalue weighted by atomic mass is 32.2. The zero-order valence-electron chi connectivity index (χ0n) is 17.9. The molecule has 5 rings (SSSR count). The first-order chi connectivity index (χ1) is 16.0. The van der Waals surface area contributed by atoms with Crippen molar-refractivity contribution in [3.8, 4) is 16.9 Å². The van der Waals surface area contributed by atoms with E-state index in [2.05, 4.69) is 0 Å². The van der Waals surface area contributed by atoms with Gasteiger partial charge >= 0.3 is 0 Å². The standard InChI is InChI=1S/C25H23N3O4S/c29-25(27(17-22-12-7-14-32-22)21-13-15-33(30,31)18-21)24-16-23(19-8-3-1-4-9-19)26-28(24)20-10-5-2-6-11-20/h1-12,14,16,21H,13,15,17-18H2/t21-/m1/s1. The number of carbonyl (C=O) groups excluding carboxylic acids is 1. The van der Waals surface area contributed by atoms with Gasteiger partial charge in [-0.05, 0) is 36.8 Å². The lowest BCUT2D eigenvalue weighted by atomic mass is 10.1. The number of para-hydroxylation sites is 1. The van der Waals surface area contributed by atoms with Crippen LogP contribution < -0.4 is 0 Å². The van der Waals surface area contributed by atoms with Gasteiger partial charge in [0, 0.05) is 11.6 Å². The van der Waals surface area contributed by atoms with Crippen LogP contribution in [0.3, 0.4) is 0 Å². The predicted molar refractivity (Wildman–Crippen MR) is 125 cm³/mol. The first kappa shape index (κ1) is 21.2. The van der Waals surface area contributed by atoms with Crippen LogP contribution in [0.2, 0.25) is 0 Å². The average Bonchev–Trinajstić information content (AvgIpc) is 3.58. The Balaban J connectivity index is 1.59. The minimum atomic E-state index is -3.18. The van der Waals surface area contributed by atoms with Crippen molar-refractivity contribution in [2.45, 2.75) is 19.0 Å². The minimum Gasteiger partial charge on any atom is -0.467 e. The lowest BCUT2D eigenvalue weighted by Gasteiger charge is -2.27. The molecule has 0 N–H and O–H groups in total. The molecule has 8 heteroatoms. The van der Waals surface area contributed by atoms with Crippen LogP contribution in [-0.2, 0) is 16.4 Å². The number of sulfone groups is 1. The number of benzene rings is 2. The molecular weight excluding hydrogens is 438 g/mol. The monoisotopic (exact) mass is 461 g/mol. The summed E-state index contributed by atoms with van der Waals surface area (Å²) >= 11 is 0. The predicted octanol–water partition coefficient (Wildman–Crippen LogP) is 3.96. The van der Waals surface area contributed by atoms with Gasteiger partial charge in [0.05, 0.1) is 35.7 Å². The second-order valence-electron chi connectivity index (χ2n) is 8.10. The first-order valence-electron chi connectivity index (χ1n) is 10.7. The maximum absolute atomic E-state index is 13.9. The first-order valence-corrected chi connectivity index (χ1v) is 12.6. The molecule has 2 aromatic carbocycles. The molecule has 1 aliphatic rings. The Morgan fingerprint density at radius 1 is 1.03 bits per heavy atom. The maximum Gasteiger partial charge on any atom is 0.273 e. The summed E-state index contributed by atoms with van der Waals surface area (Å²) in [4.78, 5) is 15.5. The molecule has 0 aliphatic carbocycles. The van der Waals surface area contributed by atoms with E-state index in [-0.39, 0.29) is 24.0 Å². The second-order valence-corrected chi connectivity index (χ2v) is 10.3. The summed E-state index contributed by atoms with van der Waals surface area (Å²) in [6, 6.07) is 24.0. The fourth-order valence-corrected chi connectivity index (χ4v) is 5.89. The molecule has 3 heterocycles. The molecule has 1 saturated heterocycles. The summed E-state index contributed by atoms with van der Waals surface area (Å²) in [5, 5.41) is 4.73. The quantitative estimate of drug-likeness (QED) is 0.434. The molecule has 0 saturated carbocycles. The summed E-state index contributed by atoms with van der Waals surface area (Å²) in [6.45, 7) is 0.187. The Morgan fingerprint density at radius 3 is 2.39 bits per heavy atom. The van der Waals surface area contributed by atoms with E-state index in [0.717, 1.165) is 11.3 Å². The van der Waals surface area contributed by atoms with Crippen molar-refractivity contribution < 1.29 is 17.6 Å². The molecule has 1 aliphatic heterocycles. The topological polar surface area (TPSA) is 85.4 Å². The van der Waals surface area contributed by atoms with Crippen LogP contribution in [0.25, 0.3) is 16.9 Å². The Hall–Kier alpha value is -3.65. The Morgan fingerprint density at radius 2 is 1.76 bits per heavy atom. The van der Waals surface area contributed by atoms with E-state index in [1.807, 2.05) is 60.7 Å². The van der Waals surface area contributed by atoms with Crippen LogP contribution in [0.5, 0.6) is 0 Å². The summed E-state index contributed by atoms with van der Waals surface area (Å²) in [5.74, 6) is 0.339. The fourth-order valence-electron chi connectivity index (χ4n) is 4.15. The smallest absolute Gasteiger partial charge is 0.273 e. The van der Waals surface area contributed by atoms with E-state index >= 15 is 0 Å². The number of hydrogen-bond acceptors (Lipinski definition) is 5. The molecule has 4 aromatic rings. The Bertz CT molecular complexity index is 1350. The third-order valence-corrected chi connectivity index (χ3v) is 7.57. The van der Waals surface area contributed by atoms with Gasteiger partial charge < -0.3 is 9.32 Å². The number of rotatable bonds is 6. The molecule has 0 unspecified atom stereocenters. The highest BCUT2D eigenvalue weighted by Crippen LogP contribution is 2.26. The molecule has 1 fully saturated rings. The number of nitrogens with zero attached hydrogens (tertiary/aromatic N) is 3. The van der Waals surface area contributed by atoms with Gasteiger partial charge in [-0.2, -0.15) is 5.10 Å². The van der Waals surface area contributed by atoms with Crippen LogP contribution in [-0.4, -0.2) is 46.6 Å². The van der Waals surface area contributed by atoms with Gasteiger partial charge in [0.15, 0.2) is 9.84 Å². The molecule has 33 heavy (non-hydrogen) atoms. The van der Waals surface area contributed by atoms with Crippen molar-refractivity contribution in [3.05, 3.63) is 96.6 Å². The van der Waals surface area contributed by atoms with E-state index in [0.29, 0.717) is 23.6 Å². The van der Waals surface area contributed by atoms with E-state index in [1.54, 1.807) is 34.0 Å². The van der Waals surface area contributed by atoms with Gasteiger partial charge in [0.1, 0.15) is 11.5 Å². The van der Waals surface area contributed by atoms with Crippen molar-refractivity contribution in [2.75, 3.05) is 11.5 Å². The summed E-state index contributed by atoms with van der Waals surface area (Å²) in [6.07, 6.45) is 1.95. The van der Waals surface area contributed by atoms with Gasteiger partial charge in [-0.3, -0.25) is 4.79 Å². The van der Waals surface area contributed by atoms with Gasteiger partial charge in [0.2, 0.25) is 0 Å². The van der Waals surface area contributed by atoms with Crippen LogP contribution in [0.4, 0.5) is 0 Å². The SMILES string of the molecule is O=C(c1cc(-c2ccccc2)nn1-c1ccccc1)N(Cc1ccco1)[C@@H]1CCS(=O)(=O)C1. The second kappa shape index (κ2) is 8.71. The summed E-state index contributed by atoms with van der Waals surface area (Å²) in [7, 11) is -3.18. The number of hydrogen-bond donors (Lipinski definition) is 0. The highest BCUT2D eigenvalue weighted by Gasteiger charge is 2.36. The van der Waals surface area contributed by atoms with Crippen LogP contribution in [0, 0.1) is 0 Å². The van der Waals surface area contributed by atoms with Crippen molar-refractivity contribution in [3.63, 3.8) is 0 Å². The van der Waals surface area contributed by atoms with Gasteiger partial charge in [-0.1, -0.05) is 48.5 Å². The molecule has 2 aromatic heterocycles. The lowest BCUT2D eigenvalue weighted by Crippen LogP contribution is -2.41. The van der Waals surface area contributed by atoms with Crippen LogP contribution in [0.1, 0.15) is 22.7 Å². The number of amides is 1. The van der Waals surface area contributed by atoms with Gasteiger partial charge in [0.25, 0.3) is 5.91 Å². The Kier molecular flexibility index (Phi) is 5.60.